The molecule has 1 aromatic carbocycles. The maximum atomic E-state index is 13.8. The lowest BCUT2D eigenvalue weighted by molar-refractivity contribution is 0.618. The van der Waals surface area contributed by atoms with Crippen LogP contribution in [0.25, 0.3) is 22.2 Å². The first kappa shape index (κ1) is 14.6. The standard InChI is InChI=1S/C17H13ClFN3/c1-10(2)22-9-14(11-3-6-15(18)16(19)7-11)13-5-4-12(8-20)21-17(13)22/h3-7,9-10H,1-2H3. The summed E-state index contributed by atoms with van der Waals surface area (Å²) in [5.41, 5.74) is 2.69. The molecule has 3 rings (SSSR count). The predicted octanol–water partition coefficient (Wildman–Crippen LogP) is 4.95. The van der Waals surface area contributed by atoms with Crippen LogP contribution in [0.2, 0.25) is 5.02 Å². The van der Waals surface area contributed by atoms with E-state index in [2.05, 4.69) is 4.98 Å². The highest BCUT2D eigenvalue weighted by Crippen LogP contribution is 2.33. The van der Waals surface area contributed by atoms with E-state index in [0.29, 0.717) is 5.69 Å². The van der Waals surface area contributed by atoms with Crippen molar-refractivity contribution >= 4 is 22.6 Å². The van der Waals surface area contributed by atoms with E-state index >= 15 is 0 Å². The van der Waals surface area contributed by atoms with Crippen molar-refractivity contribution in [3.05, 3.63) is 53.1 Å². The molecule has 0 saturated carbocycles. The molecular formula is C17H13ClFN3. The van der Waals surface area contributed by atoms with Crippen molar-refractivity contribution in [1.29, 1.82) is 5.26 Å². The minimum atomic E-state index is -0.453. The van der Waals surface area contributed by atoms with Gasteiger partial charge in [-0.05, 0) is 43.7 Å². The van der Waals surface area contributed by atoms with Crippen LogP contribution in [-0.4, -0.2) is 9.55 Å². The Labute approximate surface area is 132 Å². The van der Waals surface area contributed by atoms with E-state index in [0.717, 1.165) is 22.2 Å². The lowest BCUT2D eigenvalue weighted by Gasteiger charge is -2.07. The first-order valence-corrected chi connectivity index (χ1v) is 7.26. The van der Waals surface area contributed by atoms with Gasteiger partial charge in [0.1, 0.15) is 23.2 Å². The van der Waals surface area contributed by atoms with E-state index in [-0.39, 0.29) is 11.1 Å². The van der Waals surface area contributed by atoms with Gasteiger partial charge in [0, 0.05) is 23.2 Å². The second-order valence-electron chi connectivity index (χ2n) is 5.35. The van der Waals surface area contributed by atoms with Gasteiger partial charge < -0.3 is 4.57 Å². The number of aromatic nitrogens is 2. The molecule has 0 saturated heterocycles. The molecule has 0 N–H and O–H groups in total. The van der Waals surface area contributed by atoms with Gasteiger partial charge in [0.15, 0.2) is 0 Å². The van der Waals surface area contributed by atoms with E-state index in [1.165, 1.54) is 6.07 Å². The van der Waals surface area contributed by atoms with Crippen molar-refractivity contribution in [3.8, 4) is 17.2 Å². The smallest absolute Gasteiger partial charge is 0.142 e. The zero-order valence-corrected chi connectivity index (χ0v) is 12.9. The van der Waals surface area contributed by atoms with Crippen molar-refractivity contribution in [1.82, 2.24) is 9.55 Å². The summed E-state index contributed by atoms with van der Waals surface area (Å²) in [6.07, 6.45) is 1.94. The maximum Gasteiger partial charge on any atom is 0.142 e. The molecule has 0 spiro atoms. The molecule has 0 amide bonds. The topological polar surface area (TPSA) is 41.6 Å². The Bertz CT molecular complexity index is 906. The van der Waals surface area contributed by atoms with Crippen molar-refractivity contribution < 1.29 is 4.39 Å². The van der Waals surface area contributed by atoms with Crippen LogP contribution in [0.4, 0.5) is 4.39 Å². The highest BCUT2D eigenvalue weighted by Gasteiger charge is 2.15. The molecular weight excluding hydrogens is 301 g/mol. The van der Waals surface area contributed by atoms with Gasteiger partial charge in [0.2, 0.25) is 0 Å². The molecule has 0 aliphatic carbocycles. The van der Waals surface area contributed by atoms with Gasteiger partial charge in [-0.3, -0.25) is 0 Å². The number of nitriles is 1. The molecule has 0 fully saturated rings. The Kier molecular flexibility index (Phi) is 3.59. The summed E-state index contributed by atoms with van der Waals surface area (Å²) in [6.45, 7) is 4.07. The zero-order chi connectivity index (χ0) is 15.9. The van der Waals surface area contributed by atoms with Crippen molar-refractivity contribution in [2.24, 2.45) is 0 Å². The average molecular weight is 314 g/mol. The molecule has 3 nitrogen and oxygen atoms in total. The molecule has 22 heavy (non-hydrogen) atoms. The van der Waals surface area contributed by atoms with Crippen LogP contribution in [0, 0.1) is 17.1 Å². The van der Waals surface area contributed by atoms with Crippen LogP contribution in [-0.2, 0) is 0 Å². The summed E-state index contributed by atoms with van der Waals surface area (Å²) >= 11 is 5.75. The fourth-order valence-electron chi connectivity index (χ4n) is 2.47. The molecule has 0 aliphatic rings. The molecule has 2 heterocycles. The summed E-state index contributed by atoms with van der Waals surface area (Å²) in [7, 11) is 0. The van der Waals surface area contributed by atoms with Gasteiger partial charge in [0.05, 0.1) is 5.02 Å². The Morgan fingerprint density at radius 3 is 2.68 bits per heavy atom. The number of halogens is 2. The number of rotatable bonds is 2. The fourth-order valence-corrected chi connectivity index (χ4v) is 2.59. The predicted molar refractivity (Wildman–Crippen MR) is 85.2 cm³/mol. The van der Waals surface area contributed by atoms with Crippen molar-refractivity contribution in [2.75, 3.05) is 0 Å². The molecule has 0 radical (unpaired) electrons. The second-order valence-corrected chi connectivity index (χ2v) is 5.76. The van der Waals surface area contributed by atoms with E-state index < -0.39 is 5.82 Å². The third-order valence-corrected chi connectivity index (χ3v) is 3.89. The third kappa shape index (κ3) is 2.34. The van der Waals surface area contributed by atoms with E-state index in [9.17, 15) is 4.39 Å². The van der Waals surface area contributed by atoms with Gasteiger partial charge in [0.25, 0.3) is 0 Å². The minimum absolute atomic E-state index is 0.0984. The molecule has 0 atom stereocenters. The molecule has 110 valence electrons. The van der Waals surface area contributed by atoms with Gasteiger partial charge >= 0.3 is 0 Å². The van der Waals surface area contributed by atoms with Gasteiger partial charge in [-0.25, -0.2) is 9.37 Å². The first-order chi connectivity index (χ1) is 10.5. The molecule has 5 heteroatoms. The maximum absolute atomic E-state index is 13.8. The molecule has 2 aromatic heterocycles. The lowest BCUT2D eigenvalue weighted by Crippen LogP contribution is -2.00. The van der Waals surface area contributed by atoms with Gasteiger partial charge in [-0.2, -0.15) is 5.26 Å². The SMILES string of the molecule is CC(C)n1cc(-c2ccc(Cl)c(F)c2)c2ccc(C#N)nc21. The van der Waals surface area contributed by atoms with E-state index in [4.69, 9.17) is 16.9 Å². The summed E-state index contributed by atoms with van der Waals surface area (Å²) in [5, 5.41) is 10.0. The monoisotopic (exact) mass is 313 g/mol. The van der Waals surface area contributed by atoms with Gasteiger partial charge in [-0.1, -0.05) is 17.7 Å². The van der Waals surface area contributed by atoms with E-state index in [1.807, 2.05) is 36.7 Å². The number of hydrogen-bond donors (Lipinski definition) is 0. The quantitative estimate of drug-likeness (QED) is 0.671. The van der Waals surface area contributed by atoms with Crippen LogP contribution in [0.3, 0.4) is 0 Å². The number of pyridine rings is 1. The number of benzene rings is 1. The lowest BCUT2D eigenvalue weighted by atomic mass is 10.1. The largest absolute Gasteiger partial charge is 0.329 e. The van der Waals surface area contributed by atoms with Crippen LogP contribution < -0.4 is 0 Å². The summed E-state index contributed by atoms with van der Waals surface area (Å²) < 4.78 is 15.7. The number of nitrogens with zero attached hydrogens (tertiary/aromatic N) is 3. The van der Waals surface area contributed by atoms with Crippen LogP contribution >= 0.6 is 11.6 Å². The van der Waals surface area contributed by atoms with Gasteiger partial charge in [-0.15, -0.1) is 0 Å². The van der Waals surface area contributed by atoms with Crippen molar-refractivity contribution in [3.63, 3.8) is 0 Å². The third-order valence-electron chi connectivity index (χ3n) is 3.58. The Morgan fingerprint density at radius 2 is 2.05 bits per heavy atom. The van der Waals surface area contributed by atoms with Crippen LogP contribution in [0.1, 0.15) is 25.6 Å². The number of hydrogen-bond acceptors (Lipinski definition) is 2. The van der Waals surface area contributed by atoms with Crippen LogP contribution in [0.5, 0.6) is 0 Å². The highest BCUT2D eigenvalue weighted by molar-refractivity contribution is 6.30. The normalized spacial score (nSPS) is 11.1. The molecule has 0 bridgehead atoms. The second kappa shape index (κ2) is 5.43. The first-order valence-electron chi connectivity index (χ1n) is 6.88. The highest BCUT2D eigenvalue weighted by atomic mass is 35.5. The summed E-state index contributed by atoms with van der Waals surface area (Å²) in [4.78, 5) is 4.38. The minimum Gasteiger partial charge on any atom is -0.329 e. The average Bonchev–Trinajstić information content (AvgIpc) is 2.88. The van der Waals surface area contributed by atoms with Crippen LogP contribution in [0.15, 0.2) is 36.5 Å². The number of fused-ring (bicyclic) bond motifs is 1. The summed E-state index contributed by atoms with van der Waals surface area (Å²) in [6, 6.07) is 10.5. The molecule has 3 aromatic rings. The van der Waals surface area contributed by atoms with Crippen molar-refractivity contribution in [2.45, 2.75) is 19.9 Å². The fraction of sp³-hybridized carbons (Fsp3) is 0.176. The zero-order valence-electron chi connectivity index (χ0n) is 12.1. The Hall–Kier alpha value is -2.38. The Morgan fingerprint density at radius 1 is 1.27 bits per heavy atom. The van der Waals surface area contributed by atoms with E-state index in [1.54, 1.807) is 18.2 Å². The molecule has 0 unspecified atom stereocenters. The molecule has 0 aliphatic heterocycles. The Balaban J connectivity index is 2.30. The summed E-state index contributed by atoms with van der Waals surface area (Å²) in [5.74, 6) is -0.453.